The molecule has 1 atom stereocenters. The Morgan fingerprint density at radius 3 is 2.61 bits per heavy atom. The normalized spacial score (nSPS) is 17.1. The zero-order chi connectivity index (χ0) is 21.8. The molecule has 0 spiro atoms. The van der Waals surface area contributed by atoms with Crippen molar-refractivity contribution in [3.05, 3.63) is 65.6 Å². The number of nitrogens with zero attached hydrogens (tertiary/aromatic N) is 4. The maximum Gasteiger partial charge on any atom is 0.272 e. The third-order valence-electron chi connectivity index (χ3n) is 5.92. The fourth-order valence-corrected chi connectivity index (χ4v) is 4.87. The maximum atomic E-state index is 13.2. The molecule has 162 valence electrons. The molecule has 31 heavy (non-hydrogen) atoms. The van der Waals surface area contributed by atoms with Crippen LogP contribution >= 0.6 is 11.3 Å². The minimum absolute atomic E-state index is 0.0526. The van der Waals surface area contributed by atoms with E-state index < -0.39 is 0 Å². The van der Waals surface area contributed by atoms with E-state index in [1.165, 1.54) is 10.4 Å². The largest absolute Gasteiger partial charge is 0.341 e. The number of carbonyl (C=O) groups is 2. The fraction of sp³-hybridized carbons (Fsp3) is 0.375. The van der Waals surface area contributed by atoms with Crippen LogP contribution in [0.2, 0.25) is 0 Å². The van der Waals surface area contributed by atoms with Gasteiger partial charge in [0.1, 0.15) is 5.69 Å². The molecule has 1 saturated heterocycles. The summed E-state index contributed by atoms with van der Waals surface area (Å²) < 4.78 is 1.85. The lowest BCUT2D eigenvalue weighted by Gasteiger charge is -2.24. The van der Waals surface area contributed by atoms with Crippen LogP contribution in [0.25, 0.3) is 10.4 Å². The summed E-state index contributed by atoms with van der Waals surface area (Å²) in [6.45, 7) is 6.86. The topological polar surface area (TPSA) is 58.4 Å². The van der Waals surface area contributed by atoms with Gasteiger partial charge in [0, 0.05) is 37.6 Å². The summed E-state index contributed by atoms with van der Waals surface area (Å²) in [6.07, 6.45) is 3.92. The number of amides is 2. The number of thiophene rings is 1. The second-order valence-corrected chi connectivity index (χ2v) is 8.76. The third kappa shape index (κ3) is 4.56. The molecule has 0 saturated carbocycles. The average molecular weight is 437 g/mol. The van der Waals surface area contributed by atoms with E-state index in [1.54, 1.807) is 23.9 Å². The van der Waals surface area contributed by atoms with E-state index in [0.29, 0.717) is 44.8 Å². The molecular weight excluding hydrogens is 408 g/mol. The summed E-state index contributed by atoms with van der Waals surface area (Å²) in [5.41, 5.74) is 2.88. The zero-order valence-electron chi connectivity index (χ0n) is 18.0. The van der Waals surface area contributed by atoms with Crippen molar-refractivity contribution in [1.29, 1.82) is 0 Å². The van der Waals surface area contributed by atoms with Crippen LogP contribution in [0.3, 0.4) is 0 Å². The quantitative estimate of drug-likeness (QED) is 0.591. The highest BCUT2D eigenvalue weighted by Gasteiger charge is 2.32. The van der Waals surface area contributed by atoms with E-state index in [9.17, 15) is 9.59 Å². The Hall–Kier alpha value is -2.93. The molecule has 1 aromatic carbocycles. The van der Waals surface area contributed by atoms with Crippen molar-refractivity contribution in [2.45, 2.75) is 26.8 Å². The van der Waals surface area contributed by atoms with Gasteiger partial charge in [-0.3, -0.25) is 9.59 Å². The highest BCUT2D eigenvalue weighted by Crippen LogP contribution is 2.26. The minimum Gasteiger partial charge on any atom is -0.341 e. The average Bonchev–Trinajstić information content (AvgIpc) is 3.47. The van der Waals surface area contributed by atoms with Gasteiger partial charge in [-0.1, -0.05) is 30.3 Å². The number of benzene rings is 1. The molecule has 0 N–H and O–H groups in total. The van der Waals surface area contributed by atoms with Crippen molar-refractivity contribution in [3.8, 4) is 10.4 Å². The Balaban J connectivity index is 1.54. The first-order chi connectivity index (χ1) is 15.1. The second-order valence-electron chi connectivity index (χ2n) is 7.81. The molecule has 0 bridgehead atoms. The van der Waals surface area contributed by atoms with Gasteiger partial charge in [0.05, 0.1) is 18.4 Å². The number of hydrogen-bond donors (Lipinski definition) is 0. The summed E-state index contributed by atoms with van der Waals surface area (Å²) in [5, 5.41) is 2.07. The Morgan fingerprint density at radius 1 is 1.13 bits per heavy atom. The van der Waals surface area contributed by atoms with Crippen molar-refractivity contribution >= 4 is 23.2 Å². The van der Waals surface area contributed by atoms with Gasteiger partial charge >= 0.3 is 0 Å². The summed E-state index contributed by atoms with van der Waals surface area (Å²) in [5.74, 6) is -0.177. The summed E-state index contributed by atoms with van der Waals surface area (Å²) >= 11 is 1.72. The molecule has 3 aromatic rings. The van der Waals surface area contributed by atoms with Crippen molar-refractivity contribution in [1.82, 2.24) is 19.4 Å². The standard InChI is InChI=1S/C24H28N4O2S/c1-3-26-11-12-28(24(30)21-15-25-17-27(21)4-2)16-20(23(26)29)14-18-7-9-19(10-8-18)22-6-5-13-31-22/h5-10,13,15,17,20H,3-4,11-12,14,16H2,1-2H3/t20-/m0/s1. The number of aromatic nitrogens is 2. The highest BCUT2D eigenvalue weighted by atomic mass is 32.1. The van der Waals surface area contributed by atoms with Gasteiger partial charge in [-0.25, -0.2) is 4.98 Å². The van der Waals surface area contributed by atoms with Crippen molar-refractivity contribution in [3.63, 3.8) is 0 Å². The second kappa shape index (κ2) is 9.47. The first-order valence-electron chi connectivity index (χ1n) is 10.8. The molecule has 3 heterocycles. The molecule has 1 fully saturated rings. The maximum absolute atomic E-state index is 13.2. The van der Waals surface area contributed by atoms with Gasteiger partial charge in [0.2, 0.25) is 5.91 Å². The van der Waals surface area contributed by atoms with E-state index in [2.05, 4.69) is 40.7 Å². The van der Waals surface area contributed by atoms with Crippen molar-refractivity contribution < 1.29 is 9.59 Å². The highest BCUT2D eigenvalue weighted by molar-refractivity contribution is 7.13. The summed E-state index contributed by atoms with van der Waals surface area (Å²) in [7, 11) is 0. The summed E-state index contributed by atoms with van der Waals surface area (Å²) in [6, 6.07) is 12.6. The van der Waals surface area contributed by atoms with Crippen molar-refractivity contribution in [2.75, 3.05) is 26.2 Å². The zero-order valence-corrected chi connectivity index (χ0v) is 18.8. The lowest BCUT2D eigenvalue weighted by atomic mass is 9.96. The third-order valence-corrected chi connectivity index (χ3v) is 6.84. The van der Waals surface area contributed by atoms with Crippen LogP contribution in [0.4, 0.5) is 0 Å². The van der Waals surface area contributed by atoms with Crippen LogP contribution in [0.15, 0.2) is 54.3 Å². The van der Waals surface area contributed by atoms with Gasteiger partial charge in [-0.05, 0) is 42.8 Å². The Kier molecular flexibility index (Phi) is 6.51. The molecular formula is C24H28N4O2S. The molecule has 1 aliphatic heterocycles. The number of aryl methyl sites for hydroxylation is 1. The van der Waals surface area contributed by atoms with Crippen LogP contribution < -0.4 is 0 Å². The Labute approximate surface area is 187 Å². The van der Waals surface area contributed by atoms with Crippen molar-refractivity contribution in [2.24, 2.45) is 5.92 Å². The van der Waals surface area contributed by atoms with Gasteiger partial charge in [-0.2, -0.15) is 0 Å². The minimum atomic E-state index is -0.253. The molecule has 0 aliphatic carbocycles. The van der Waals surface area contributed by atoms with Crippen LogP contribution in [-0.2, 0) is 17.8 Å². The van der Waals surface area contributed by atoms with E-state index in [-0.39, 0.29) is 17.7 Å². The molecule has 0 unspecified atom stereocenters. The van der Waals surface area contributed by atoms with E-state index in [4.69, 9.17) is 0 Å². The van der Waals surface area contributed by atoms with E-state index in [1.807, 2.05) is 34.3 Å². The first-order valence-corrected chi connectivity index (χ1v) is 11.7. The number of carbonyl (C=O) groups excluding carboxylic acids is 2. The molecule has 1 aliphatic rings. The molecule has 4 rings (SSSR count). The predicted molar refractivity (Wildman–Crippen MR) is 123 cm³/mol. The molecule has 7 heteroatoms. The number of likely N-dealkylation sites (N-methyl/N-ethyl adjacent to an activating group) is 1. The van der Waals surface area contributed by atoms with E-state index >= 15 is 0 Å². The predicted octanol–water partition coefficient (Wildman–Crippen LogP) is 3.79. The van der Waals surface area contributed by atoms with Gasteiger partial charge < -0.3 is 14.4 Å². The molecule has 0 radical (unpaired) electrons. The lowest BCUT2D eigenvalue weighted by molar-refractivity contribution is -0.134. The fourth-order valence-electron chi connectivity index (χ4n) is 4.14. The van der Waals surface area contributed by atoms with Gasteiger partial charge in [0.25, 0.3) is 5.91 Å². The Bertz CT molecular complexity index is 1030. The SMILES string of the molecule is CCN1CCN(C(=O)c2cncn2CC)C[C@H](Cc2ccc(-c3cccs3)cc2)C1=O. The van der Waals surface area contributed by atoms with Gasteiger partial charge in [0.15, 0.2) is 0 Å². The smallest absolute Gasteiger partial charge is 0.272 e. The van der Waals surface area contributed by atoms with Crippen LogP contribution in [0.5, 0.6) is 0 Å². The first kappa shape index (κ1) is 21.3. The summed E-state index contributed by atoms with van der Waals surface area (Å²) in [4.78, 5) is 35.4. The monoisotopic (exact) mass is 436 g/mol. The van der Waals surface area contributed by atoms with Crippen LogP contribution in [-0.4, -0.2) is 57.3 Å². The van der Waals surface area contributed by atoms with Crippen LogP contribution in [0, 0.1) is 5.92 Å². The molecule has 6 nitrogen and oxygen atoms in total. The Morgan fingerprint density at radius 2 is 1.94 bits per heavy atom. The lowest BCUT2D eigenvalue weighted by Crippen LogP contribution is -2.38. The van der Waals surface area contributed by atoms with E-state index in [0.717, 1.165) is 5.56 Å². The molecule has 2 aromatic heterocycles. The number of imidazole rings is 1. The number of rotatable bonds is 6. The van der Waals surface area contributed by atoms with Crippen LogP contribution in [0.1, 0.15) is 29.9 Å². The number of hydrogen-bond acceptors (Lipinski definition) is 4. The molecule has 2 amide bonds. The van der Waals surface area contributed by atoms with Gasteiger partial charge in [-0.15, -0.1) is 11.3 Å².